The van der Waals surface area contributed by atoms with Crippen LogP contribution in [0.1, 0.15) is 32.8 Å². The van der Waals surface area contributed by atoms with Crippen LogP contribution in [0.25, 0.3) is 0 Å². The standard InChI is InChI=1S/C15H22FNO2/c1-10(2)7-8-17-15(18)12(4)19-14-6-5-13(16)9-11(14)3/h5-6,9-10,12H,7-8H2,1-4H3,(H,17,18). The molecule has 0 spiro atoms. The number of hydrogen-bond donors (Lipinski definition) is 1. The zero-order valence-corrected chi connectivity index (χ0v) is 12.0. The lowest BCUT2D eigenvalue weighted by Gasteiger charge is -2.16. The summed E-state index contributed by atoms with van der Waals surface area (Å²) < 4.78 is 18.5. The minimum Gasteiger partial charge on any atom is -0.481 e. The molecule has 0 heterocycles. The highest BCUT2D eigenvalue weighted by Crippen LogP contribution is 2.19. The van der Waals surface area contributed by atoms with E-state index in [9.17, 15) is 9.18 Å². The highest BCUT2D eigenvalue weighted by molar-refractivity contribution is 5.80. The number of ether oxygens (including phenoxy) is 1. The number of halogens is 1. The largest absolute Gasteiger partial charge is 0.481 e. The van der Waals surface area contributed by atoms with Gasteiger partial charge in [0.25, 0.3) is 5.91 Å². The van der Waals surface area contributed by atoms with Crippen molar-refractivity contribution in [1.82, 2.24) is 5.32 Å². The van der Waals surface area contributed by atoms with Crippen molar-refractivity contribution in [3.63, 3.8) is 0 Å². The Kier molecular flexibility index (Phi) is 5.80. The quantitative estimate of drug-likeness (QED) is 0.860. The van der Waals surface area contributed by atoms with Gasteiger partial charge in [0.05, 0.1) is 0 Å². The zero-order chi connectivity index (χ0) is 14.4. The third-order valence-corrected chi connectivity index (χ3v) is 2.83. The van der Waals surface area contributed by atoms with Crippen molar-refractivity contribution in [2.24, 2.45) is 5.92 Å². The number of carbonyl (C=O) groups is 1. The molecule has 4 heteroatoms. The van der Waals surface area contributed by atoms with Gasteiger partial charge in [0.2, 0.25) is 0 Å². The molecule has 0 bridgehead atoms. The molecule has 1 atom stereocenters. The first-order valence-corrected chi connectivity index (χ1v) is 6.60. The third-order valence-electron chi connectivity index (χ3n) is 2.83. The van der Waals surface area contributed by atoms with Crippen molar-refractivity contribution < 1.29 is 13.9 Å². The van der Waals surface area contributed by atoms with E-state index >= 15 is 0 Å². The lowest BCUT2D eigenvalue weighted by atomic mass is 10.1. The van der Waals surface area contributed by atoms with Crippen molar-refractivity contribution in [2.75, 3.05) is 6.54 Å². The number of aryl methyl sites for hydroxylation is 1. The van der Waals surface area contributed by atoms with Crippen LogP contribution in [-0.2, 0) is 4.79 Å². The average Bonchev–Trinajstić information content (AvgIpc) is 2.32. The maximum Gasteiger partial charge on any atom is 0.260 e. The zero-order valence-electron chi connectivity index (χ0n) is 12.0. The van der Waals surface area contributed by atoms with Gasteiger partial charge in [-0.3, -0.25) is 4.79 Å². The van der Waals surface area contributed by atoms with E-state index in [2.05, 4.69) is 19.2 Å². The summed E-state index contributed by atoms with van der Waals surface area (Å²) in [5.74, 6) is 0.632. The monoisotopic (exact) mass is 267 g/mol. The fourth-order valence-electron chi connectivity index (χ4n) is 1.62. The molecule has 1 rings (SSSR count). The highest BCUT2D eigenvalue weighted by Gasteiger charge is 2.15. The van der Waals surface area contributed by atoms with Gasteiger partial charge in [-0.15, -0.1) is 0 Å². The van der Waals surface area contributed by atoms with E-state index in [4.69, 9.17) is 4.74 Å². The Labute approximate surface area is 114 Å². The molecule has 0 radical (unpaired) electrons. The molecule has 0 aliphatic carbocycles. The summed E-state index contributed by atoms with van der Waals surface area (Å²) in [6.07, 6.45) is 0.352. The Morgan fingerprint density at radius 2 is 2.05 bits per heavy atom. The summed E-state index contributed by atoms with van der Waals surface area (Å²) in [5, 5.41) is 2.83. The first kappa shape index (κ1) is 15.5. The Hall–Kier alpha value is -1.58. The maximum absolute atomic E-state index is 13.0. The number of nitrogens with one attached hydrogen (secondary N) is 1. The minimum atomic E-state index is -0.587. The maximum atomic E-state index is 13.0. The second-order valence-electron chi connectivity index (χ2n) is 5.14. The van der Waals surface area contributed by atoms with Crippen LogP contribution in [0, 0.1) is 18.7 Å². The number of benzene rings is 1. The summed E-state index contributed by atoms with van der Waals surface area (Å²) >= 11 is 0. The van der Waals surface area contributed by atoms with Gasteiger partial charge in [0.15, 0.2) is 6.10 Å². The van der Waals surface area contributed by atoms with Crippen LogP contribution >= 0.6 is 0 Å². The van der Waals surface area contributed by atoms with Gasteiger partial charge in [-0.25, -0.2) is 4.39 Å². The molecule has 1 N–H and O–H groups in total. The number of hydrogen-bond acceptors (Lipinski definition) is 2. The van der Waals surface area contributed by atoms with Crippen molar-refractivity contribution in [1.29, 1.82) is 0 Å². The lowest BCUT2D eigenvalue weighted by Crippen LogP contribution is -2.37. The predicted octanol–water partition coefficient (Wildman–Crippen LogP) is 3.06. The Morgan fingerprint density at radius 3 is 2.63 bits per heavy atom. The van der Waals surface area contributed by atoms with Crippen LogP contribution in [0.4, 0.5) is 4.39 Å². The molecular formula is C15H22FNO2. The van der Waals surface area contributed by atoms with E-state index in [0.29, 0.717) is 23.8 Å². The predicted molar refractivity (Wildman–Crippen MR) is 73.7 cm³/mol. The van der Waals surface area contributed by atoms with Crippen molar-refractivity contribution in [3.05, 3.63) is 29.6 Å². The summed E-state index contributed by atoms with van der Waals surface area (Å²) in [6, 6.07) is 4.26. The molecule has 0 saturated carbocycles. The molecule has 19 heavy (non-hydrogen) atoms. The van der Waals surface area contributed by atoms with Crippen LogP contribution in [-0.4, -0.2) is 18.6 Å². The normalized spacial score (nSPS) is 12.3. The van der Waals surface area contributed by atoms with Crippen LogP contribution in [0.15, 0.2) is 18.2 Å². The van der Waals surface area contributed by atoms with Crippen molar-refractivity contribution in [2.45, 2.75) is 40.2 Å². The third kappa shape index (κ3) is 5.28. The van der Waals surface area contributed by atoms with E-state index in [-0.39, 0.29) is 11.7 Å². The topological polar surface area (TPSA) is 38.3 Å². The fourth-order valence-corrected chi connectivity index (χ4v) is 1.62. The van der Waals surface area contributed by atoms with Gasteiger partial charge in [-0.2, -0.15) is 0 Å². The number of amides is 1. The smallest absolute Gasteiger partial charge is 0.260 e. The molecular weight excluding hydrogens is 245 g/mol. The Morgan fingerprint density at radius 1 is 1.37 bits per heavy atom. The minimum absolute atomic E-state index is 0.149. The van der Waals surface area contributed by atoms with Crippen LogP contribution < -0.4 is 10.1 Å². The van der Waals surface area contributed by atoms with Gasteiger partial charge in [0.1, 0.15) is 11.6 Å². The van der Waals surface area contributed by atoms with Gasteiger partial charge < -0.3 is 10.1 Å². The number of carbonyl (C=O) groups excluding carboxylic acids is 1. The first-order valence-electron chi connectivity index (χ1n) is 6.60. The highest BCUT2D eigenvalue weighted by atomic mass is 19.1. The number of rotatable bonds is 6. The van der Waals surface area contributed by atoms with Gasteiger partial charge in [-0.05, 0) is 49.9 Å². The van der Waals surface area contributed by atoms with Crippen LogP contribution in [0.2, 0.25) is 0 Å². The molecule has 1 amide bonds. The molecule has 0 aromatic heterocycles. The Balaban J connectivity index is 2.49. The van der Waals surface area contributed by atoms with E-state index in [1.54, 1.807) is 19.9 Å². The van der Waals surface area contributed by atoms with Gasteiger partial charge >= 0.3 is 0 Å². The second kappa shape index (κ2) is 7.12. The van der Waals surface area contributed by atoms with E-state index in [1.807, 2.05) is 0 Å². The molecule has 1 unspecified atom stereocenters. The molecule has 106 valence electrons. The Bertz CT molecular complexity index is 432. The van der Waals surface area contributed by atoms with E-state index in [0.717, 1.165) is 6.42 Å². The van der Waals surface area contributed by atoms with Gasteiger partial charge in [-0.1, -0.05) is 13.8 Å². The van der Waals surface area contributed by atoms with E-state index < -0.39 is 6.10 Å². The summed E-state index contributed by atoms with van der Waals surface area (Å²) in [5.41, 5.74) is 0.682. The van der Waals surface area contributed by atoms with Crippen LogP contribution in [0.5, 0.6) is 5.75 Å². The fraction of sp³-hybridized carbons (Fsp3) is 0.533. The SMILES string of the molecule is Cc1cc(F)ccc1OC(C)C(=O)NCCC(C)C. The molecule has 1 aromatic carbocycles. The molecule has 3 nitrogen and oxygen atoms in total. The molecule has 0 aliphatic rings. The average molecular weight is 267 g/mol. The van der Waals surface area contributed by atoms with E-state index in [1.165, 1.54) is 12.1 Å². The summed E-state index contributed by atoms with van der Waals surface area (Å²) in [7, 11) is 0. The van der Waals surface area contributed by atoms with Gasteiger partial charge in [0, 0.05) is 6.54 Å². The second-order valence-corrected chi connectivity index (χ2v) is 5.14. The molecule has 0 aliphatic heterocycles. The van der Waals surface area contributed by atoms with Crippen molar-refractivity contribution in [3.8, 4) is 5.75 Å². The molecule has 0 saturated heterocycles. The summed E-state index contributed by atoms with van der Waals surface area (Å²) in [6.45, 7) is 8.30. The molecule has 1 aromatic rings. The first-order chi connectivity index (χ1) is 8.90. The van der Waals surface area contributed by atoms with Crippen LogP contribution in [0.3, 0.4) is 0 Å². The lowest BCUT2D eigenvalue weighted by molar-refractivity contribution is -0.127. The van der Waals surface area contributed by atoms with Crippen molar-refractivity contribution >= 4 is 5.91 Å². The molecule has 0 fully saturated rings. The summed E-state index contributed by atoms with van der Waals surface area (Å²) in [4.78, 5) is 11.8.